The Balaban J connectivity index is 2.89. The third-order valence-electron chi connectivity index (χ3n) is 2.98. The SMILES string of the molecule is C=CCc1cc(CNC(=O)CC(C)N)cc(OC)c1OC. The topological polar surface area (TPSA) is 73.6 Å². The van der Waals surface area contributed by atoms with Crippen molar-refractivity contribution >= 4 is 5.91 Å². The fraction of sp³-hybridized carbons (Fsp3) is 0.438. The van der Waals surface area contributed by atoms with E-state index in [-0.39, 0.29) is 11.9 Å². The molecule has 0 saturated carbocycles. The third kappa shape index (κ3) is 5.11. The first-order chi connectivity index (χ1) is 10.0. The number of nitrogens with two attached hydrogens (primary N) is 1. The summed E-state index contributed by atoms with van der Waals surface area (Å²) in [6.45, 7) is 5.97. The minimum absolute atomic E-state index is 0.0648. The van der Waals surface area contributed by atoms with Gasteiger partial charge in [-0.2, -0.15) is 0 Å². The summed E-state index contributed by atoms with van der Waals surface area (Å²) in [7, 11) is 3.20. The molecular formula is C16H24N2O3. The lowest BCUT2D eigenvalue weighted by Crippen LogP contribution is -2.29. The largest absolute Gasteiger partial charge is 0.493 e. The van der Waals surface area contributed by atoms with Crippen LogP contribution in [0.5, 0.6) is 11.5 Å². The molecule has 0 radical (unpaired) electrons. The summed E-state index contributed by atoms with van der Waals surface area (Å²) in [4.78, 5) is 11.7. The van der Waals surface area contributed by atoms with Crippen molar-refractivity contribution < 1.29 is 14.3 Å². The summed E-state index contributed by atoms with van der Waals surface area (Å²) in [5, 5.41) is 2.85. The number of ether oxygens (including phenoxy) is 2. The Morgan fingerprint density at radius 2 is 2.14 bits per heavy atom. The van der Waals surface area contributed by atoms with Crippen molar-refractivity contribution in [3.63, 3.8) is 0 Å². The summed E-state index contributed by atoms with van der Waals surface area (Å²) < 4.78 is 10.7. The molecule has 1 aromatic carbocycles. The maximum atomic E-state index is 11.7. The highest BCUT2D eigenvalue weighted by atomic mass is 16.5. The smallest absolute Gasteiger partial charge is 0.221 e. The van der Waals surface area contributed by atoms with Gasteiger partial charge in [-0.1, -0.05) is 6.08 Å². The van der Waals surface area contributed by atoms with Crippen molar-refractivity contribution in [1.29, 1.82) is 0 Å². The molecule has 0 aliphatic carbocycles. The lowest BCUT2D eigenvalue weighted by Gasteiger charge is -2.15. The van der Waals surface area contributed by atoms with Gasteiger partial charge in [0.2, 0.25) is 5.91 Å². The van der Waals surface area contributed by atoms with Gasteiger partial charge in [0.15, 0.2) is 11.5 Å². The maximum Gasteiger partial charge on any atom is 0.221 e. The fourth-order valence-corrected chi connectivity index (χ4v) is 2.08. The summed E-state index contributed by atoms with van der Waals surface area (Å²) in [6, 6.07) is 3.69. The van der Waals surface area contributed by atoms with Crippen LogP contribution in [-0.4, -0.2) is 26.2 Å². The van der Waals surface area contributed by atoms with Crippen molar-refractivity contribution in [2.75, 3.05) is 14.2 Å². The van der Waals surface area contributed by atoms with Gasteiger partial charge in [0.25, 0.3) is 0 Å². The first-order valence-corrected chi connectivity index (χ1v) is 6.88. The Kier molecular flexibility index (Phi) is 6.75. The number of allylic oxidation sites excluding steroid dienone is 1. The van der Waals surface area contributed by atoms with Gasteiger partial charge >= 0.3 is 0 Å². The van der Waals surface area contributed by atoms with Crippen molar-refractivity contribution in [3.05, 3.63) is 35.9 Å². The van der Waals surface area contributed by atoms with Gasteiger partial charge in [0.05, 0.1) is 14.2 Å². The molecule has 0 aromatic heterocycles. The van der Waals surface area contributed by atoms with E-state index in [0.717, 1.165) is 11.1 Å². The molecular weight excluding hydrogens is 268 g/mol. The minimum atomic E-state index is -0.147. The van der Waals surface area contributed by atoms with E-state index in [1.165, 1.54) is 0 Å². The van der Waals surface area contributed by atoms with Gasteiger partial charge in [-0.05, 0) is 31.0 Å². The van der Waals surface area contributed by atoms with E-state index >= 15 is 0 Å². The molecule has 0 aliphatic heterocycles. The first-order valence-electron chi connectivity index (χ1n) is 6.88. The predicted molar refractivity (Wildman–Crippen MR) is 83.6 cm³/mol. The normalized spacial score (nSPS) is 11.6. The molecule has 0 aliphatic rings. The van der Waals surface area contributed by atoms with Crippen LogP contribution in [0.15, 0.2) is 24.8 Å². The monoisotopic (exact) mass is 292 g/mol. The van der Waals surface area contributed by atoms with Crippen LogP contribution in [0.1, 0.15) is 24.5 Å². The van der Waals surface area contributed by atoms with E-state index in [9.17, 15) is 4.79 Å². The number of rotatable bonds is 8. The Morgan fingerprint density at radius 3 is 2.67 bits per heavy atom. The molecule has 21 heavy (non-hydrogen) atoms. The van der Waals surface area contributed by atoms with E-state index < -0.39 is 0 Å². The Bertz CT molecular complexity index is 499. The van der Waals surface area contributed by atoms with Gasteiger partial charge in [0, 0.05) is 24.6 Å². The summed E-state index contributed by atoms with van der Waals surface area (Å²) >= 11 is 0. The van der Waals surface area contributed by atoms with E-state index in [0.29, 0.717) is 30.9 Å². The number of hydrogen-bond acceptors (Lipinski definition) is 4. The summed E-state index contributed by atoms with van der Waals surface area (Å²) in [5.74, 6) is 1.28. The number of benzene rings is 1. The standard InChI is InChI=1S/C16H24N2O3/c1-5-6-13-8-12(9-14(20-3)16(13)21-4)10-18-15(19)7-11(2)17/h5,8-9,11H,1,6-7,10,17H2,2-4H3,(H,18,19). The van der Waals surface area contributed by atoms with Crippen molar-refractivity contribution in [2.45, 2.75) is 32.4 Å². The molecule has 5 heteroatoms. The molecule has 0 saturated heterocycles. The number of methoxy groups -OCH3 is 2. The van der Waals surface area contributed by atoms with Crippen molar-refractivity contribution in [1.82, 2.24) is 5.32 Å². The predicted octanol–water partition coefficient (Wildman–Crippen LogP) is 1.79. The van der Waals surface area contributed by atoms with Gasteiger partial charge in [-0.3, -0.25) is 4.79 Å². The highest BCUT2D eigenvalue weighted by molar-refractivity contribution is 5.76. The van der Waals surface area contributed by atoms with Crippen LogP contribution in [0.25, 0.3) is 0 Å². The second kappa shape index (κ2) is 8.32. The van der Waals surface area contributed by atoms with E-state index in [1.54, 1.807) is 27.2 Å². The molecule has 0 bridgehead atoms. The number of amides is 1. The van der Waals surface area contributed by atoms with Crippen LogP contribution in [0, 0.1) is 0 Å². The quantitative estimate of drug-likeness (QED) is 0.716. The molecule has 1 unspecified atom stereocenters. The molecule has 1 rings (SSSR count). The minimum Gasteiger partial charge on any atom is -0.493 e. The van der Waals surface area contributed by atoms with E-state index in [2.05, 4.69) is 11.9 Å². The maximum absolute atomic E-state index is 11.7. The van der Waals surface area contributed by atoms with E-state index in [4.69, 9.17) is 15.2 Å². The molecule has 1 atom stereocenters. The molecule has 1 amide bonds. The Labute approximate surface area is 126 Å². The van der Waals surface area contributed by atoms with Crippen LogP contribution in [0.4, 0.5) is 0 Å². The first kappa shape index (κ1) is 17.0. The number of carbonyl (C=O) groups is 1. The third-order valence-corrected chi connectivity index (χ3v) is 2.98. The molecule has 116 valence electrons. The average molecular weight is 292 g/mol. The lowest BCUT2D eigenvalue weighted by molar-refractivity contribution is -0.121. The average Bonchev–Trinajstić information content (AvgIpc) is 2.44. The molecule has 1 aromatic rings. The number of hydrogen-bond donors (Lipinski definition) is 2. The lowest BCUT2D eigenvalue weighted by atomic mass is 10.1. The molecule has 0 spiro atoms. The molecule has 5 nitrogen and oxygen atoms in total. The van der Waals surface area contributed by atoms with Gasteiger partial charge in [0.1, 0.15) is 0 Å². The number of carbonyl (C=O) groups excluding carboxylic acids is 1. The molecule has 0 heterocycles. The van der Waals surface area contributed by atoms with Crippen LogP contribution >= 0.6 is 0 Å². The van der Waals surface area contributed by atoms with Crippen LogP contribution in [-0.2, 0) is 17.8 Å². The molecule has 3 N–H and O–H groups in total. The van der Waals surface area contributed by atoms with Crippen LogP contribution in [0.3, 0.4) is 0 Å². The number of nitrogens with one attached hydrogen (secondary N) is 1. The van der Waals surface area contributed by atoms with E-state index in [1.807, 2.05) is 12.1 Å². The highest BCUT2D eigenvalue weighted by Gasteiger charge is 2.12. The van der Waals surface area contributed by atoms with Crippen molar-refractivity contribution in [3.8, 4) is 11.5 Å². The Morgan fingerprint density at radius 1 is 1.43 bits per heavy atom. The second-order valence-electron chi connectivity index (χ2n) is 4.94. The van der Waals surface area contributed by atoms with Gasteiger partial charge < -0.3 is 20.5 Å². The summed E-state index contributed by atoms with van der Waals surface area (Å²) in [5.41, 5.74) is 7.52. The zero-order valence-electron chi connectivity index (χ0n) is 12.9. The van der Waals surface area contributed by atoms with Gasteiger partial charge in [-0.15, -0.1) is 6.58 Å². The molecule has 0 fully saturated rings. The van der Waals surface area contributed by atoms with Gasteiger partial charge in [-0.25, -0.2) is 0 Å². The van der Waals surface area contributed by atoms with Crippen LogP contribution in [0.2, 0.25) is 0 Å². The fourth-order valence-electron chi connectivity index (χ4n) is 2.08. The van der Waals surface area contributed by atoms with Crippen LogP contribution < -0.4 is 20.5 Å². The second-order valence-corrected chi connectivity index (χ2v) is 4.94. The zero-order chi connectivity index (χ0) is 15.8. The zero-order valence-corrected chi connectivity index (χ0v) is 12.9. The van der Waals surface area contributed by atoms with Crippen molar-refractivity contribution in [2.24, 2.45) is 5.73 Å². The summed E-state index contributed by atoms with van der Waals surface area (Å²) in [6.07, 6.45) is 2.78. The Hall–Kier alpha value is -2.01. The highest BCUT2D eigenvalue weighted by Crippen LogP contribution is 2.33.